The topological polar surface area (TPSA) is 77.4 Å². The van der Waals surface area contributed by atoms with Crippen LogP contribution in [0.25, 0.3) is 0 Å². The number of ether oxygens (including phenoxy) is 1. The molecule has 8 heteroatoms. The molecule has 1 aromatic rings. The van der Waals surface area contributed by atoms with Crippen molar-refractivity contribution >= 4 is 27.3 Å². The minimum atomic E-state index is -3.55. The number of aromatic nitrogens is 1. The molecule has 0 bridgehead atoms. The molecule has 1 rings (SSSR count). The molecule has 0 saturated heterocycles. The molecule has 6 nitrogen and oxygen atoms in total. The summed E-state index contributed by atoms with van der Waals surface area (Å²) >= 11 is 5.26. The maximum atomic E-state index is 11.4. The van der Waals surface area contributed by atoms with Crippen LogP contribution in [0.5, 0.6) is 0 Å². The molecule has 0 atom stereocenters. The van der Waals surface area contributed by atoms with E-state index in [1.165, 1.54) is 30.0 Å². The van der Waals surface area contributed by atoms with Crippen LogP contribution >= 0.6 is 11.6 Å². The lowest BCUT2D eigenvalue weighted by Crippen LogP contribution is -2.22. The van der Waals surface area contributed by atoms with Gasteiger partial charge >= 0.3 is 0 Å². The van der Waals surface area contributed by atoms with Crippen molar-refractivity contribution in [2.75, 3.05) is 23.7 Å². The van der Waals surface area contributed by atoms with E-state index in [9.17, 15) is 13.2 Å². The third kappa shape index (κ3) is 4.37. The average Bonchev–Trinajstić information content (AvgIpc) is 2.29. The SMILES string of the molecule is COCCn1cc(NS(=O)(=O)CCl)ccc1=O. The number of alkyl halides is 1. The molecule has 0 aromatic carbocycles. The number of methoxy groups -OCH3 is 1. The largest absolute Gasteiger partial charge is 0.383 e. The molecule has 0 saturated carbocycles. The Morgan fingerprint density at radius 3 is 2.76 bits per heavy atom. The monoisotopic (exact) mass is 280 g/mol. The first-order chi connectivity index (χ1) is 7.98. The van der Waals surface area contributed by atoms with Crippen LogP contribution in [-0.4, -0.2) is 31.9 Å². The van der Waals surface area contributed by atoms with Crippen molar-refractivity contribution in [3.8, 4) is 0 Å². The number of halogens is 1. The molecule has 0 radical (unpaired) electrons. The van der Waals surface area contributed by atoms with E-state index in [1.54, 1.807) is 0 Å². The maximum absolute atomic E-state index is 11.4. The summed E-state index contributed by atoms with van der Waals surface area (Å²) in [5.41, 5.74) is 0.0669. The van der Waals surface area contributed by atoms with E-state index in [1.807, 2.05) is 0 Å². The minimum Gasteiger partial charge on any atom is -0.383 e. The Hall–Kier alpha value is -1.05. The first-order valence-electron chi connectivity index (χ1n) is 4.74. The number of hydrogen-bond acceptors (Lipinski definition) is 4. The van der Waals surface area contributed by atoms with Crippen molar-refractivity contribution in [3.05, 3.63) is 28.7 Å². The van der Waals surface area contributed by atoms with Gasteiger partial charge in [-0.3, -0.25) is 9.52 Å². The first kappa shape index (κ1) is 14.0. The average molecular weight is 281 g/mol. The Bertz CT molecular complexity index is 526. The highest BCUT2D eigenvalue weighted by Crippen LogP contribution is 2.07. The highest BCUT2D eigenvalue weighted by Gasteiger charge is 2.08. The van der Waals surface area contributed by atoms with E-state index in [2.05, 4.69) is 4.72 Å². The smallest absolute Gasteiger partial charge is 0.250 e. The fraction of sp³-hybridized carbons (Fsp3) is 0.444. The van der Waals surface area contributed by atoms with E-state index in [0.29, 0.717) is 18.8 Å². The second kappa shape index (κ2) is 6.04. The van der Waals surface area contributed by atoms with E-state index in [-0.39, 0.29) is 5.56 Å². The van der Waals surface area contributed by atoms with E-state index in [4.69, 9.17) is 16.3 Å². The zero-order valence-electron chi connectivity index (χ0n) is 9.22. The predicted molar refractivity (Wildman–Crippen MR) is 65.8 cm³/mol. The fourth-order valence-corrected chi connectivity index (χ4v) is 1.86. The number of rotatable bonds is 6. The van der Waals surface area contributed by atoms with Crippen molar-refractivity contribution < 1.29 is 13.2 Å². The van der Waals surface area contributed by atoms with Gasteiger partial charge in [0.15, 0.2) is 0 Å². The van der Waals surface area contributed by atoms with Gasteiger partial charge in [-0.1, -0.05) is 0 Å². The fourth-order valence-electron chi connectivity index (χ4n) is 1.16. The molecule has 0 aliphatic heterocycles. The number of hydrogen-bond donors (Lipinski definition) is 1. The Kier molecular flexibility index (Phi) is 4.98. The second-order valence-electron chi connectivity index (χ2n) is 3.27. The molecule has 1 heterocycles. The molecule has 0 aliphatic carbocycles. The summed E-state index contributed by atoms with van der Waals surface area (Å²) in [6.07, 6.45) is 1.41. The normalized spacial score (nSPS) is 11.4. The molecule has 0 unspecified atom stereocenters. The van der Waals surface area contributed by atoms with Crippen LogP contribution in [0.3, 0.4) is 0 Å². The summed E-state index contributed by atoms with van der Waals surface area (Å²) in [5.74, 6) is 0. The summed E-state index contributed by atoms with van der Waals surface area (Å²) in [6, 6.07) is 2.66. The summed E-state index contributed by atoms with van der Waals surface area (Å²) in [7, 11) is -2.03. The van der Waals surface area contributed by atoms with Gasteiger partial charge in [-0.25, -0.2) is 8.42 Å². The number of sulfonamides is 1. The van der Waals surface area contributed by atoms with Gasteiger partial charge in [-0.2, -0.15) is 0 Å². The van der Waals surface area contributed by atoms with Gasteiger partial charge in [0, 0.05) is 25.9 Å². The van der Waals surface area contributed by atoms with Crippen LogP contribution in [0.2, 0.25) is 0 Å². The molecule has 96 valence electrons. The molecule has 17 heavy (non-hydrogen) atoms. The van der Waals surface area contributed by atoms with Gasteiger partial charge < -0.3 is 9.30 Å². The van der Waals surface area contributed by atoms with Crippen molar-refractivity contribution in [2.45, 2.75) is 6.54 Å². The second-order valence-corrected chi connectivity index (χ2v) is 5.57. The van der Waals surface area contributed by atoms with E-state index < -0.39 is 15.2 Å². The molecule has 0 amide bonds. The molecule has 0 fully saturated rings. The summed E-state index contributed by atoms with van der Waals surface area (Å²) in [4.78, 5) is 11.4. The lowest BCUT2D eigenvalue weighted by Gasteiger charge is -2.09. The van der Waals surface area contributed by atoms with Crippen LogP contribution in [-0.2, 0) is 21.3 Å². The predicted octanol–water partition coefficient (Wildman–Crippen LogP) is 0.433. The third-order valence-electron chi connectivity index (χ3n) is 1.94. The van der Waals surface area contributed by atoms with Crippen molar-refractivity contribution in [2.24, 2.45) is 0 Å². The number of nitrogens with zero attached hydrogens (tertiary/aromatic N) is 1. The Morgan fingerprint density at radius 1 is 1.47 bits per heavy atom. The van der Waals surface area contributed by atoms with Gasteiger partial charge in [0.05, 0.1) is 12.3 Å². The van der Waals surface area contributed by atoms with Crippen molar-refractivity contribution in [1.82, 2.24) is 4.57 Å². The van der Waals surface area contributed by atoms with Crippen LogP contribution < -0.4 is 10.3 Å². The maximum Gasteiger partial charge on any atom is 0.250 e. The number of pyridine rings is 1. The Balaban J connectivity index is 2.92. The summed E-state index contributed by atoms with van der Waals surface area (Å²) in [5, 5.41) is -0.538. The number of anilines is 1. The zero-order valence-corrected chi connectivity index (χ0v) is 10.8. The zero-order chi connectivity index (χ0) is 12.9. The van der Waals surface area contributed by atoms with Crippen LogP contribution in [0.15, 0.2) is 23.1 Å². The lowest BCUT2D eigenvalue weighted by molar-refractivity contribution is 0.186. The van der Waals surface area contributed by atoms with Crippen LogP contribution in [0.4, 0.5) is 5.69 Å². The van der Waals surface area contributed by atoms with Crippen molar-refractivity contribution in [3.63, 3.8) is 0 Å². The third-order valence-corrected chi connectivity index (χ3v) is 3.63. The van der Waals surface area contributed by atoms with E-state index in [0.717, 1.165) is 0 Å². The minimum absolute atomic E-state index is 0.226. The molecular weight excluding hydrogens is 268 g/mol. The summed E-state index contributed by atoms with van der Waals surface area (Å²) in [6.45, 7) is 0.720. The molecule has 0 spiro atoms. The molecule has 0 aliphatic rings. The summed E-state index contributed by atoms with van der Waals surface area (Å²) < 4.78 is 30.9. The highest BCUT2D eigenvalue weighted by molar-refractivity contribution is 7.93. The Morgan fingerprint density at radius 2 is 2.18 bits per heavy atom. The van der Waals surface area contributed by atoms with Gasteiger partial charge in [-0.05, 0) is 6.07 Å². The molecular formula is C9H13ClN2O4S. The van der Waals surface area contributed by atoms with Crippen molar-refractivity contribution in [1.29, 1.82) is 0 Å². The highest BCUT2D eigenvalue weighted by atomic mass is 35.5. The first-order valence-corrected chi connectivity index (χ1v) is 6.93. The Labute approximate surface area is 104 Å². The number of nitrogens with one attached hydrogen (secondary N) is 1. The molecule has 1 aromatic heterocycles. The quantitative estimate of drug-likeness (QED) is 0.767. The molecule has 1 N–H and O–H groups in total. The van der Waals surface area contributed by atoms with Gasteiger partial charge in [0.1, 0.15) is 5.21 Å². The lowest BCUT2D eigenvalue weighted by atomic mass is 10.4. The van der Waals surface area contributed by atoms with Crippen LogP contribution in [0.1, 0.15) is 0 Å². The standard InChI is InChI=1S/C9H13ClN2O4S/c1-16-5-4-12-6-8(2-3-9(12)13)11-17(14,15)7-10/h2-3,6,11H,4-5,7H2,1H3. The van der Waals surface area contributed by atoms with Gasteiger partial charge in [-0.15, -0.1) is 11.6 Å². The van der Waals surface area contributed by atoms with Gasteiger partial charge in [0.2, 0.25) is 10.0 Å². The van der Waals surface area contributed by atoms with Crippen LogP contribution in [0, 0.1) is 0 Å². The van der Waals surface area contributed by atoms with E-state index >= 15 is 0 Å². The van der Waals surface area contributed by atoms with Gasteiger partial charge in [0.25, 0.3) is 5.56 Å².